The van der Waals surface area contributed by atoms with Crippen molar-refractivity contribution in [3.05, 3.63) is 76.5 Å². The predicted molar refractivity (Wildman–Crippen MR) is 91.3 cm³/mol. The molecule has 6 nitrogen and oxygen atoms in total. The van der Waals surface area contributed by atoms with E-state index in [-0.39, 0.29) is 12.2 Å². The van der Waals surface area contributed by atoms with Crippen LogP contribution in [-0.4, -0.2) is 10.1 Å². The highest BCUT2D eigenvalue weighted by Crippen LogP contribution is 2.23. The van der Waals surface area contributed by atoms with Gasteiger partial charge in [-0.3, -0.25) is 0 Å². The van der Waals surface area contributed by atoms with Crippen molar-refractivity contribution in [2.75, 3.05) is 0 Å². The molecule has 0 bridgehead atoms. The van der Waals surface area contributed by atoms with Gasteiger partial charge in [-0.2, -0.15) is 4.98 Å². The first-order valence-electron chi connectivity index (χ1n) is 7.74. The Balaban J connectivity index is 1.53. The second-order valence-electron chi connectivity index (χ2n) is 5.57. The Morgan fingerprint density at radius 2 is 1.92 bits per heavy atom. The highest BCUT2D eigenvalue weighted by Gasteiger charge is 2.10. The lowest BCUT2D eigenvalue weighted by molar-refractivity contribution is 0.243. The van der Waals surface area contributed by atoms with Gasteiger partial charge in [-0.05, 0) is 24.6 Å². The number of ether oxygens (including phenoxy) is 1. The van der Waals surface area contributed by atoms with Gasteiger partial charge in [0.15, 0.2) is 6.61 Å². The van der Waals surface area contributed by atoms with E-state index in [0.717, 1.165) is 16.5 Å². The lowest BCUT2D eigenvalue weighted by Gasteiger charge is -2.05. The molecule has 0 aliphatic heterocycles. The molecule has 0 aliphatic carbocycles. The van der Waals surface area contributed by atoms with Gasteiger partial charge in [0.2, 0.25) is 5.82 Å². The number of hydrogen-bond acceptors (Lipinski definition) is 6. The van der Waals surface area contributed by atoms with Crippen LogP contribution in [0.25, 0.3) is 22.4 Å². The molecule has 0 radical (unpaired) electrons. The van der Waals surface area contributed by atoms with Gasteiger partial charge in [-0.15, -0.1) is 0 Å². The fourth-order valence-electron chi connectivity index (χ4n) is 2.56. The molecule has 4 rings (SSSR count). The van der Waals surface area contributed by atoms with E-state index < -0.39 is 0 Å². The second-order valence-corrected chi connectivity index (χ2v) is 5.57. The van der Waals surface area contributed by atoms with Gasteiger partial charge in [0.05, 0.1) is 0 Å². The normalized spacial score (nSPS) is 10.9. The zero-order chi connectivity index (χ0) is 17.2. The van der Waals surface area contributed by atoms with E-state index in [1.807, 2.05) is 49.4 Å². The Labute approximate surface area is 142 Å². The average Bonchev–Trinajstić information content (AvgIpc) is 3.09. The third-order valence-electron chi connectivity index (χ3n) is 3.79. The van der Waals surface area contributed by atoms with Crippen molar-refractivity contribution in [1.29, 1.82) is 0 Å². The molecule has 0 spiro atoms. The number of fused-ring (bicyclic) bond motifs is 1. The average molecular weight is 334 g/mol. The molecule has 0 saturated heterocycles. The molecule has 2 aromatic carbocycles. The number of aromatic nitrogens is 2. The molecular weight excluding hydrogens is 320 g/mol. The Bertz CT molecular complexity index is 1080. The molecule has 124 valence electrons. The fraction of sp³-hybridized carbons (Fsp3) is 0.105. The zero-order valence-electron chi connectivity index (χ0n) is 13.4. The molecule has 0 aliphatic rings. The Morgan fingerprint density at radius 1 is 1.08 bits per heavy atom. The van der Waals surface area contributed by atoms with Crippen LogP contribution in [0, 0.1) is 6.92 Å². The standard InChI is InChI=1S/C19H14N2O4/c1-12-9-18(22)24-16-10-14(7-8-15(12)16)23-11-17-20-19(21-25-17)13-5-3-2-4-6-13/h2-10H,11H2,1H3. The third-order valence-corrected chi connectivity index (χ3v) is 3.79. The first-order chi connectivity index (χ1) is 12.2. The van der Waals surface area contributed by atoms with Gasteiger partial charge < -0.3 is 13.7 Å². The summed E-state index contributed by atoms with van der Waals surface area (Å²) in [6, 6.07) is 16.4. The van der Waals surface area contributed by atoms with Crippen LogP contribution in [0.4, 0.5) is 0 Å². The summed E-state index contributed by atoms with van der Waals surface area (Å²) in [5.74, 6) is 1.43. The smallest absolute Gasteiger partial charge is 0.336 e. The Morgan fingerprint density at radius 3 is 2.76 bits per heavy atom. The first-order valence-corrected chi connectivity index (χ1v) is 7.74. The highest BCUT2D eigenvalue weighted by molar-refractivity contribution is 5.81. The summed E-state index contributed by atoms with van der Waals surface area (Å²) in [5.41, 5.74) is 1.84. The molecule has 0 fully saturated rings. The van der Waals surface area contributed by atoms with Crippen LogP contribution >= 0.6 is 0 Å². The fourth-order valence-corrected chi connectivity index (χ4v) is 2.56. The molecule has 0 unspecified atom stereocenters. The lowest BCUT2D eigenvalue weighted by Crippen LogP contribution is -1.99. The minimum Gasteiger partial charge on any atom is -0.484 e. The van der Waals surface area contributed by atoms with Gasteiger partial charge in [-0.1, -0.05) is 35.5 Å². The lowest BCUT2D eigenvalue weighted by atomic mass is 10.1. The van der Waals surface area contributed by atoms with E-state index in [1.54, 1.807) is 6.07 Å². The van der Waals surface area contributed by atoms with Crippen molar-refractivity contribution >= 4 is 11.0 Å². The van der Waals surface area contributed by atoms with Crippen LogP contribution in [-0.2, 0) is 6.61 Å². The van der Waals surface area contributed by atoms with Crippen molar-refractivity contribution in [1.82, 2.24) is 10.1 Å². The van der Waals surface area contributed by atoms with Crippen LogP contribution in [0.3, 0.4) is 0 Å². The number of aryl methyl sites for hydroxylation is 1. The second kappa shape index (κ2) is 6.24. The number of benzene rings is 2. The van der Waals surface area contributed by atoms with Crippen molar-refractivity contribution < 1.29 is 13.7 Å². The Kier molecular flexibility index (Phi) is 3.78. The third kappa shape index (κ3) is 3.14. The van der Waals surface area contributed by atoms with Crippen molar-refractivity contribution in [2.24, 2.45) is 0 Å². The maximum Gasteiger partial charge on any atom is 0.336 e. The largest absolute Gasteiger partial charge is 0.484 e. The summed E-state index contributed by atoms with van der Waals surface area (Å²) < 4.78 is 16.1. The van der Waals surface area contributed by atoms with Crippen LogP contribution in [0.15, 0.2) is 68.3 Å². The van der Waals surface area contributed by atoms with Crippen molar-refractivity contribution in [2.45, 2.75) is 13.5 Å². The maximum absolute atomic E-state index is 11.5. The van der Waals surface area contributed by atoms with Gasteiger partial charge in [0, 0.05) is 23.1 Å². The highest BCUT2D eigenvalue weighted by atomic mass is 16.5. The molecule has 25 heavy (non-hydrogen) atoms. The van der Waals surface area contributed by atoms with Crippen LogP contribution < -0.4 is 10.4 Å². The minimum atomic E-state index is -0.383. The van der Waals surface area contributed by atoms with Gasteiger partial charge in [0.25, 0.3) is 5.89 Å². The molecule has 0 N–H and O–H groups in total. The van der Waals surface area contributed by atoms with E-state index in [0.29, 0.717) is 23.0 Å². The minimum absolute atomic E-state index is 0.126. The predicted octanol–water partition coefficient (Wildman–Crippen LogP) is 3.73. The van der Waals surface area contributed by atoms with E-state index >= 15 is 0 Å². The van der Waals surface area contributed by atoms with E-state index in [4.69, 9.17) is 13.7 Å². The van der Waals surface area contributed by atoms with E-state index in [1.165, 1.54) is 6.07 Å². The molecule has 4 aromatic rings. The van der Waals surface area contributed by atoms with E-state index in [2.05, 4.69) is 10.1 Å². The van der Waals surface area contributed by atoms with Gasteiger partial charge in [0.1, 0.15) is 11.3 Å². The van der Waals surface area contributed by atoms with Crippen LogP contribution in [0.5, 0.6) is 5.75 Å². The Hall–Kier alpha value is -3.41. The first kappa shape index (κ1) is 15.1. The van der Waals surface area contributed by atoms with Crippen LogP contribution in [0.1, 0.15) is 11.5 Å². The molecule has 0 amide bonds. The van der Waals surface area contributed by atoms with Gasteiger partial charge in [-0.25, -0.2) is 4.79 Å². The number of hydrogen-bond donors (Lipinski definition) is 0. The maximum atomic E-state index is 11.5. The topological polar surface area (TPSA) is 78.4 Å². The number of nitrogens with zero attached hydrogens (tertiary/aromatic N) is 2. The van der Waals surface area contributed by atoms with Gasteiger partial charge >= 0.3 is 5.63 Å². The molecule has 2 aromatic heterocycles. The monoisotopic (exact) mass is 334 g/mol. The molecule has 6 heteroatoms. The summed E-state index contributed by atoms with van der Waals surface area (Å²) in [7, 11) is 0. The van der Waals surface area contributed by atoms with E-state index in [9.17, 15) is 4.79 Å². The summed E-state index contributed by atoms with van der Waals surface area (Å²) >= 11 is 0. The molecule has 0 atom stereocenters. The molecule has 0 saturated carbocycles. The number of rotatable bonds is 4. The van der Waals surface area contributed by atoms with Crippen molar-refractivity contribution in [3.8, 4) is 17.1 Å². The zero-order valence-corrected chi connectivity index (χ0v) is 13.4. The molecular formula is C19H14N2O4. The summed E-state index contributed by atoms with van der Waals surface area (Å²) in [5, 5.41) is 4.82. The molecule has 2 heterocycles. The summed E-state index contributed by atoms with van der Waals surface area (Å²) in [6.07, 6.45) is 0. The van der Waals surface area contributed by atoms with Crippen molar-refractivity contribution in [3.63, 3.8) is 0 Å². The summed E-state index contributed by atoms with van der Waals surface area (Å²) in [6.45, 7) is 1.99. The van der Waals surface area contributed by atoms with Crippen LogP contribution in [0.2, 0.25) is 0 Å². The SMILES string of the molecule is Cc1cc(=O)oc2cc(OCc3nc(-c4ccccc4)no3)ccc12. The summed E-state index contributed by atoms with van der Waals surface area (Å²) in [4.78, 5) is 15.8. The quantitative estimate of drug-likeness (QED) is 0.529.